The Hall–Kier alpha value is -2.48. The van der Waals surface area contributed by atoms with Crippen LogP contribution in [0.2, 0.25) is 0 Å². The number of hydrogen-bond donors (Lipinski definition) is 1. The second-order valence-corrected chi connectivity index (χ2v) is 6.81. The molecule has 8 nitrogen and oxygen atoms in total. The van der Waals surface area contributed by atoms with E-state index in [2.05, 4.69) is 25.3 Å². The number of rotatable bonds is 6. The fraction of sp³-hybridized carbons (Fsp3) is 0.556. The molecule has 2 atom stereocenters. The monoisotopic (exact) mass is 358 g/mol. The van der Waals surface area contributed by atoms with Crippen LogP contribution in [-0.2, 0) is 23.0 Å². The highest BCUT2D eigenvalue weighted by Gasteiger charge is 2.33. The van der Waals surface area contributed by atoms with Gasteiger partial charge < -0.3 is 15.0 Å². The zero-order valence-corrected chi connectivity index (χ0v) is 15.8. The highest BCUT2D eigenvalue weighted by Crippen LogP contribution is 2.25. The van der Waals surface area contributed by atoms with Gasteiger partial charge in [0.05, 0.1) is 24.3 Å². The van der Waals surface area contributed by atoms with Crippen LogP contribution < -0.4 is 10.2 Å². The zero-order valence-electron chi connectivity index (χ0n) is 15.8. The summed E-state index contributed by atoms with van der Waals surface area (Å²) >= 11 is 0. The van der Waals surface area contributed by atoms with Crippen LogP contribution in [0.25, 0.3) is 0 Å². The van der Waals surface area contributed by atoms with Crippen molar-refractivity contribution < 1.29 is 9.53 Å². The van der Waals surface area contributed by atoms with Crippen LogP contribution in [0.1, 0.15) is 23.4 Å². The SMILES string of the molecule is CO[C@H]1C[C@@H](CNC(=O)Cc2cn(C)nc2C)N(c2cc(C)ncn2)C1. The normalized spacial score (nSPS) is 19.8. The van der Waals surface area contributed by atoms with Gasteiger partial charge >= 0.3 is 0 Å². The van der Waals surface area contributed by atoms with Gasteiger partial charge in [-0.1, -0.05) is 0 Å². The topological polar surface area (TPSA) is 85.2 Å². The first-order chi connectivity index (χ1) is 12.5. The molecule has 0 bridgehead atoms. The minimum absolute atomic E-state index is 0.000727. The van der Waals surface area contributed by atoms with Crippen molar-refractivity contribution in [2.75, 3.05) is 25.1 Å². The number of nitrogens with zero attached hydrogens (tertiary/aromatic N) is 5. The molecule has 1 amide bonds. The lowest BCUT2D eigenvalue weighted by molar-refractivity contribution is -0.120. The Bertz CT molecular complexity index is 775. The highest BCUT2D eigenvalue weighted by molar-refractivity contribution is 5.78. The first kappa shape index (κ1) is 18.3. The van der Waals surface area contributed by atoms with Gasteiger partial charge in [0.25, 0.3) is 0 Å². The molecule has 3 heterocycles. The smallest absolute Gasteiger partial charge is 0.224 e. The molecule has 0 unspecified atom stereocenters. The van der Waals surface area contributed by atoms with Crippen LogP contribution in [-0.4, -0.2) is 58.0 Å². The predicted molar refractivity (Wildman–Crippen MR) is 98.0 cm³/mol. The lowest BCUT2D eigenvalue weighted by Crippen LogP contribution is -2.41. The number of methoxy groups -OCH3 is 1. The summed E-state index contributed by atoms with van der Waals surface area (Å²) in [5.41, 5.74) is 2.77. The molecule has 2 aromatic rings. The molecule has 0 spiro atoms. The average Bonchev–Trinajstić information content (AvgIpc) is 3.16. The molecule has 0 saturated carbocycles. The third-order valence-corrected chi connectivity index (χ3v) is 4.79. The number of ether oxygens (including phenoxy) is 1. The Morgan fingerprint density at radius 3 is 2.85 bits per heavy atom. The Balaban J connectivity index is 1.63. The van der Waals surface area contributed by atoms with Crippen LogP contribution in [0, 0.1) is 13.8 Å². The largest absolute Gasteiger partial charge is 0.380 e. The summed E-state index contributed by atoms with van der Waals surface area (Å²) in [7, 11) is 3.58. The number of amides is 1. The molecule has 1 N–H and O–H groups in total. The Morgan fingerprint density at radius 1 is 1.38 bits per heavy atom. The van der Waals surface area contributed by atoms with Gasteiger partial charge in [0.1, 0.15) is 12.1 Å². The molecule has 0 aliphatic carbocycles. The van der Waals surface area contributed by atoms with Gasteiger partial charge in [-0.25, -0.2) is 9.97 Å². The van der Waals surface area contributed by atoms with E-state index in [1.807, 2.05) is 33.2 Å². The van der Waals surface area contributed by atoms with Crippen LogP contribution >= 0.6 is 0 Å². The van der Waals surface area contributed by atoms with Crippen molar-refractivity contribution in [1.82, 2.24) is 25.1 Å². The number of carbonyl (C=O) groups is 1. The standard InChI is InChI=1S/C18H26N6O2/c1-12-5-17(21-11-20-12)24-10-16(26-4)7-15(24)8-19-18(25)6-14-9-23(3)22-13(14)2/h5,9,11,15-16H,6-8,10H2,1-4H3,(H,19,25)/t15-,16-/m0/s1. The van der Waals surface area contributed by atoms with Crippen LogP contribution in [0.15, 0.2) is 18.6 Å². The Labute approximate surface area is 153 Å². The van der Waals surface area contributed by atoms with Crippen LogP contribution in [0.3, 0.4) is 0 Å². The summed E-state index contributed by atoms with van der Waals surface area (Å²) < 4.78 is 7.27. The van der Waals surface area contributed by atoms with E-state index in [0.717, 1.165) is 35.7 Å². The van der Waals surface area contributed by atoms with E-state index in [-0.39, 0.29) is 18.1 Å². The van der Waals surface area contributed by atoms with Gasteiger partial charge in [0, 0.05) is 50.8 Å². The number of nitrogens with one attached hydrogen (secondary N) is 1. The van der Waals surface area contributed by atoms with Crippen molar-refractivity contribution in [3.63, 3.8) is 0 Å². The van der Waals surface area contributed by atoms with Crippen molar-refractivity contribution in [1.29, 1.82) is 0 Å². The maximum atomic E-state index is 12.4. The first-order valence-corrected chi connectivity index (χ1v) is 8.80. The molecule has 1 fully saturated rings. The van der Waals surface area contributed by atoms with Gasteiger partial charge in [-0.3, -0.25) is 9.48 Å². The van der Waals surface area contributed by atoms with E-state index in [0.29, 0.717) is 13.0 Å². The molecule has 26 heavy (non-hydrogen) atoms. The lowest BCUT2D eigenvalue weighted by Gasteiger charge is -2.25. The molecule has 140 valence electrons. The summed E-state index contributed by atoms with van der Waals surface area (Å²) in [6, 6.07) is 2.11. The van der Waals surface area contributed by atoms with E-state index in [1.54, 1.807) is 18.1 Å². The lowest BCUT2D eigenvalue weighted by atomic mass is 10.1. The zero-order chi connectivity index (χ0) is 18.7. The molecule has 0 radical (unpaired) electrons. The van der Waals surface area contributed by atoms with E-state index in [4.69, 9.17) is 4.74 Å². The molecule has 1 aliphatic heterocycles. The number of anilines is 1. The predicted octanol–water partition coefficient (Wildman–Crippen LogP) is 0.780. The van der Waals surface area contributed by atoms with Crippen molar-refractivity contribution in [3.8, 4) is 0 Å². The first-order valence-electron chi connectivity index (χ1n) is 8.80. The van der Waals surface area contributed by atoms with Gasteiger partial charge in [0.15, 0.2) is 0 Å². The Morgan fingerprint density at radius 2 is 2.19 bits per heavy atom. The number of carbonyl (C=O) groups excluding carboxylic acids is 1. The fourth-order valence-corrected chi connectivity index (χ4v) is 3.41. The Kier molecular flexibility index (Phi) is 5.51. The van der Waals surface area contributed by atoms with E-state index in [1.165, 1.54) is 0 Å². The highest BCUT2D eigenvalue weighted by atomic mass is 16.5. The quantitative estimate of drug-likeness (QED) is 0.821. The fourth-order valence-electron chi connectivity index (χ4n) is 3.41. The molecule has 1 aliphatic rings. The second kappa shape index (κ2) is 7.82. The third-order valence-electron chi connectivity index (χ3n) is 4.79. The molecular formula is C18H26N6O2. The van der Waals surface area contributed by atoms with Crippen molar-refractivity contribution in [2.24, 2.45) is 7.05 Å². The average molecular weight is 358 g/mol. The molecule has 2 aromatic heterocycles. The number of aryl methyl sites for hydroxylation is 3. The summed E-state index contributed by atoms with van der Waals surface area (Å²) in [6.07, 6.45) is 4.79. The van der Waals surface area contributed by atoms with E-state index < -0.39 is 0 Å². The molecule has 1 saturated heterocycles. The summed E-state index contributed by atoms with van der Waals surface area (Å²) in [5, 5.41) is 7.33. The van der Waals surface area contributed by atoms with E-state index >= 15 is 0 Å². The number of hydrogen-bond acceptors (Lipinski definition) is 6. The summed E-state index contributed by atoms with van der Waals surface area (Å²) in [4.78, 5) is 23.1. The van der Waals surface area contributed by atoms with Crippen molar-refractivity contribution in [3.05, 3.63) is 35.5 Å². The maximum absolute atomic E-state index is 12.4. The van der Waals surface area contributed by atoms with Gasteiger partial charge in [-0.05, 0) is 20.3 Å². The van der Waals surface area contributed by atoms with Gasteiger partial charge in [-0.15, -0.1) is 0 Å². The summed E-state index contributed by atoms with van der Waals surface area (Å²) in [6.45, 7) is 5.18. The minimum Gasteiger partial charge on any atom is -0.380 e. The van der Waals surface area contributed by atoms with Gasteiger partial charge in [0.2, 0.25) is 5.91 Å². The molecule has 8 heteroatoms. The van der Waals surface area contributed by atoms with Gasteiger partial charge in [-0.2, -0.15) is 5.10 Å². The molecule has 3 rings (SSSR count). The second-order valence-electron chi connectivity index (χ2n) is 6.81. The van der Waals surface area contributed by atoms with E-state index in [9.17, 15) is 4.79 Å². The summed E-state index contributed by atoms with van der Waals surface area (Å²) in [5.74, 6) is 0.875. The molecular weight excluding hydrogens is 332 g/mol. The van der Waals surface area contributed by atoms with Crippen LogP contribution in [0.5, 0.6) is 0 Å². The minimum atomic E-state index is 0.000727. The third kappa shape index (κ3) is 4.19. The molecule has 0 aromatic carbocycles. The van der Waals surface area contributed by atoms with Crippen molar-refractivity contribution in [2.45, 2.75) is 38.8 Å². The van der Waals surface area contributed by atoms with Crippen LogP contribution in [0.4, 0.5) is 5.82 Å². The van der Waals surface area contributed by atoms with Crippen molar-refractivity contribution >= 4 is 11.7 Å². The maximum Gasteiger partial charge on any atom is 0.224 e. The number of aromatic nitrogens is 4.